The molecule has 26 heavy (non-hydrogen) atoms. The highest BCUT2D eigenvalue weighted by molar-refractivity contribution is 5.81. The minimum atomic E-state index is -0.294. The van der Waals surface area contributed by atoms with E-state index in [4.69, 9.17) is 0 Å². The third-order valence-corrected chi connectivity index (χ3v) is 6.37. The number of hydrogen-bond acceptors (Lipinski definition) is 4. The van der Waals surface area contributed by atoms with Crippen molar-refractivity contribution in [2.45, 2.75) is 37.8 Å². The number of aliphatic hydroxyl groups excluding tert-OH is 1. The number of amides is 1. The van der Waals surface area contributed by atoms with Gasteiger partial charge in [-0.15, -0.1) is 0 Å². The van der Waals surface area contributed by atoms with Crippen LogP contribution >= 0.6 is 0 Å². The fourth-order valence-corrected chi connectivity index (χ4v) is 5.03. The average molecular weight is 352 g/mol. The molecule has 2 aromatic heterocycles. The quantitative estimate of drug-likeness (QED) is 0.897. The molecule has 1 saturated heterocycles. The molecule has 2 aliphatic heterocycles. The molecule has 0 unspecified atom stereocenters. The number of aliphatic hydroxyl groups is 1. The second kappa shape index (κ2) is 5.58. The summed E-state index contributed by atoms with van der Waals surface area (Å²) < 4.78 is 2.18. The number of likely N-dealkylation sites (tertiary alicyclic amines) is 1. The van der Waals surface area contributed by atoms with Crippen LogP contribution < -0.4 is 4.90 Å². The third-order valence-electron chi connectivity index (χ3n) is 6.37. The summed E-state index contributed by atoms with van der Waals surface area (Å²) in [5.41, 5.74) is 2.15. The Bertz CT molecular complexity index is 857. The number of fused-ring (bicyclic) bond motifs is 4. The Kier molecular flexibility index (Phi) is 3.41. The Morgan fingerprint density at radius 3 is 2.96 bits per heavy atom. The van der Waals surface area contributed by atoms with Crippen LogP contribution in [0.5, 0.6) is 0 Å². The molecule has 1 aliphatic carbocycles. The van der Waals surface area contributed by atoms with Gasteiger partial charge in [-0.1, -0.05) is 0 Å². The number of nitrogens with zero attached hydrogens (tertiary/aromatic N) is 4. The smallest absolute Gasteiger partial charge is 0.225 e. The number of anilines is 1. The number of carbonyl (C=O) groups is 1. The van der Waals surface area contributed by atoms with Crippen molar-refractivity contribution in [2.24, 2.45) is 5.92 Å². The van der Waals surface area contributed by atoms with E-state index in [1.807, 2.05) is 17.2 Å². The van der Waals surface area contributed by atoms with Gasteiger partial charge in [-0.25, -0.2) is 4.98 Å². The van der Waals surface area contributed by atoms with Crippen molar-refractivity contribution in [3.8, 4) is 5.82 Å². The molecule has 4 heterocycles. The normalized spacial score (nSPS) is 29.5. The number of pyridine rings is 1. The molecule has 5 rings (SSSR count). The number of carbonyl (C=O) groups excluding carboxylic acids is 1. The monoisotopic (exact) mass is 352 g/mol. The largest absolute Gasteiger partial charge is 0.393 e. The van der Waals surface area contributed by atoms with Crippen LogP contribution in [-0.2, 0) is 10.3 Å². The van der Waals surface area contributed by atoms with Gasteiger partial charge in [-0.05, 0) is 50.5 Å². The van der Waals surface area contributed by atoms with E-state index in [0.717, 1.165) is 31.0 Å². The van der Waals surface area contributed by atoms with E-state index in [1.54, 1.807) is 0 Å². The third kappa shape index (κ3) is 2.02. The van der Waals surface area contributed by atoms with Gasteiger partial charge in [0.25, 0.3) is 0 Å². The fraction of sp³-hybridized carbons (Fsp3) is 0.500. The minimum Gasteiger partial charge on any atom is -0.393 e. The van der Waals surface area contributed by atoms with E-state index >= 15 is 0 Å². The second-order valence-corrected chi connectivity index (χ2v) is 7.72. The van der Waals surface area contributed by atoms with Crippen LogP contribution in [0.1, 0.15) is 31.9 Å². The summed E-state index contributed by atoms with van der Waals surface area (Å²) >= 11 is 0. The van der Waals surface area contributed by atoms with Crippen molar-refractivity contribution in [1.29, 1.82) is 0 Å². The van der Waals surface area contributed by atoms with Crippen LogP contribution in [-0.4, -0.2) is 51.2 Å². The number of likely N-dealkylation sites (N-methyl/N-ethyl adjacent to an activating group) is 1. The molecule has 2 aromatic rings. The minimum absolute atomic E-state index is 0.000411. The molecule has 1 spiro atoms. The van der Waals surface area contributed by atoms with Gasteiger partial charge >= 0.3 is 0 Å². The van der Waals surface area contributed by atoms with Crippen LogP contribution in [0.3, 0.4) is 0 Å². The van der Waals surface area contributed by atoms with E-state index < -0.39 is 0 Å². The number of aromatic nitrogens is 2. The topological polar surface area (TPSA) is 61.6 Å². The lowest BCUT2D eigenvalue weighted by molar-refractivity contribution is -0.141. The predicted molar refractivity (Wildman–Crippen MR) is 98.2 cm³/mol. The summed E-state index contributed by atoms with van der Waals surface area (Å²) in [6.07, 6.45) is 5.76. The molecule has 1 N–H and O–H groups in total. The van der Waals surface area contributed by atoms with E-state index in [2.05, 4.69) is 45.8 Å². The first kappa shape index (κ1) is 15.9. The van der Waals surface area contributed by atoms with E-state index in [0.29, 0.717) is 19.4 Å². The zero-order chi connectivity index (χ0) is 17.9. The Labute approximate surface area is 153 Å². The van der Waals surface area contributed by atoms with E-state index in [-0.39, 0.29) is 23.5 Å². The Morgan fingerprint density at radius 2 is 2.19 bits per heavy atom. The molecule has 3 aliphatic rings. The lowest BCUT2D eigenvalue weighted by atomic mass is 9.81. The fourth-order valence-electron chi connectivity index (χ4n) is 5.03. The van der Waals surface area contributed by atoms with Crippen molar-refractivity contribution < 1.29 is 9.90 Å². The predicted octanol–water partition coefficient (Wildman–Crippen LogP) is 1.91. The lowest BCUT2D eigenvalue weighted by Gasteiger charge is -2.47. The maximum Gasteiger partial charge on any atom is 0.225 e. The lowest BCUT2D eigenvalue weighted by Crippen LogP contribution is -2.53. The molecule has 6 nitrogen and oxygen atoms in total. The molecule has 2 fully saturated rings. The van der Waals surface area contributed by atoms with Crippen LogP contribution in [0.15, 0.2) is 36.7 Å². The molecular formula is C20H24N4O2. The molecule has 0 aromatic carbocycles. The molecule has 1 atom stereocenters. The summed E-state index contributed by atoms with van der Waals surface area (Å²) in [5.74, 6) is 1.17. The maximum atomic E-state index is 12.9. The highest BCUT2D eigenvalue weighted by atomic mass is 16.3. The first-order valence-corrected chi connectivity index (χ1v) is 9.52. The van der Waals surface area contributed by atoms with Crippen molar-refractivity contribution in [3.63, 3.8) is 0 Å². The van der Waals surface area contributed by atoms with Gasteiger partial charge in [0, 0.05) is 37.9 Å². The number of hydrogen-bond donors (Lipinski definition) is 1. The zero-order valence-corrected chi connectivity index (χ0v) is 15.0. The molecule has 6 heteroatoms. The molecule has 0 radical (unpaired) electrons. The molecular weight excluding hydrogens is 328 g/mol. The van der Waals surface area contributed by atoms with Crippen LogP contribution in [0.4, 0.5) is 5.69 Å². The SMILES string of the molecule is CCN1c2cccnc2-n2cccc2[C@@]12CCN(C(=O)C1CC(O)C1)C2. The van der Waals surface area contributed by atoms with Crippen molar-refractivity contribution >= 4 is 11.6 Å². The Hall–Kier alpha value is -2.34. The van der Waals surface area contributed by atoms with Crippen LogP contribution in [0.2, 0.25) is 0 Å². The van der Waals surface area contributed by atoms with Crippen LogP contribution in [0.25, 0.3) is 5.82 Å². The number of rotatable bonds is 2. The Morgan fingerprint density at radius 1 is 1.35 bits per heavy atom. The van der Waals surface area contributed by atoms with E-state index in [9.17, 15) is 9.90 Å². The standard InChI is InChI=1S/C20H24N4O2/c1-2-24-16-5-3-8-21-18(16)23-9-4-6-17(23)20(24)7-10-22(13-20)19(26)14-11-15(25)12-14/h3-6,8-9,14-15,25H,2,7,10-13H2,1H3/t14?,15?,20-/m0/s1. The first-order valence-electron chi connectivity index (χ1n) is 9.52. The first-order chi connectivity index (χ1) is 12.6. The van der Waals surface area contributed by atoms with Gasteiger partial charge in [0.1, 0.15) is 0 Å². The maximum absolute atomic E-state index is 12.9. The molecule has 0 bridgehead atoms. The second-order valence-electron chi connectivity index (χ2n) is 7.72. The van der Waals surface area contributed by atoms with Gasteiger partial charge in [-0.3, -0.25) is 4.79 Å². The summed E-state index contributed by atoms with van der Waals surface area (Å²) in [7, 11) is 0. The van der Waals surface area contributed by atoms with Gasteiger partial charge < -0.3 is 19.5 Å². The average Bonchev–Trinajstić information content (AvgIpc) is 3.28. The molecule has 1 saturated carbocycles. The van der Waals surface area contributed by atoms with Gasteiger partial charge in [0.05, 0.1) is 23.0 Å². The molecule has 136 valence electrons. The van der Waals surface area contributed by atoms with Crippen molar-refractivity contribution in [2.75, 3.05) is 24.5 Å². The summed E-state index contributed by atoms with van der Waals surface area (Å²) in [5, 5.41) is 9.55. The zero-order valence-electron chi connectivity index (χ0n) is 15.0. The molecule has 1 amide bonds. The van der Waals surface area contributed by atoms with Gasteiger partial charge in [-0.2, -0.15) is 0 Å². The van der Waals surface area contributed by atoms with Gasteiger partial charge in [0.15, 0.2) is 5.82 Å². The highest BCUT2D eigenvalue weighted by Gasteiger charge is 2.51. The Balaban J connectivity index is 1.53. The van der Waals surface area contributed by atoms with Gasteiger partial charge in [0.2, 0.25) is 5.91 Å². The summed E-state index contributed by atoms with van der Waals surface area (Å²) in [4.78, 5) is 21.9. The van der Waals surface area contributed by atoms with Crippen LogP contribution in [0, 0.1) is 5.92 Å². The highest BCUT2D eigenvalue weighted by Crippen LogP contribution is 2.47. The van der Waals surface area contributed by atoms with Crippen molar-refractivity contribution in [1.82, 2.24) is 14.5 Å². The van der Waals surface area contributed by atoms with E-state index in [1.165, 1.54) is 5.69 Å². The van der Waals surface area contributed by atoms with Crippen molar-refractivity contribution in [3.05, 3.63) is 42.4 Å². The summed E-state index contributed by atoms with van der Waals surface area (Å²) in [6.45, 7) is 4.51. The summed E-state index contributed by atoms with van der Waals surface area (Å²) in [6, 6.07) is 8.35.